The van der Waals surface area contributed by atoms with Gasteiger partial charge < -0.3 is 5.32 Å². The molecular weight excluding hydrogens is 280 g/mol. The normalized spacial score (nSPS) is 17.0. The van der Waals surface area contributed by atoms with E-state index in [2.05, 4.69) is 35.4 Å². The molecule has 1 heterocycles. The third-order valence-electron chi connectivity index (χ3n) is 4.18. The highest BCUT2D eigenvalue weighted by molar-refractivity contribution is 6.30. The minimum absolute atomic E-state index is 0.414. The largest absolute Gasteiger partial charge is 0.313 e. The molecule has 1 aliphatic rings. The van der Waals surface area contributed by atoms with Crippen molar-refractivity contribution in [2.45, 2.75) is 38.6 Å². The summed E-state index contributed by atoms with van der Waals surface area (Å²) in [6.45, 7) is 4.09. The number of fused-ring (bicyclic) bond motifs is 1. The van der Waals surface area contributed by atoms with Gasteiger partial charge in [0, 0.05) is 23.7 Å². The van der Waals surface area contributed by atoms with Crippen molar-refractivity contribution in [2.24, 2.45) is 0 Å². The Morgan fingerprint density at radius 1 is 1.33 bits per heavy atom. The van der Waals surface area contributed by atoms with E-state index < -0.39 is 0 Å². The number of nitrogens with zero attached hydrogens (tertiary/aromatic N) is 1. The smallest absolute Gasteiger partial charge is 0.0510 e. The average Bonchev–Trinajstić information content (AvgIpc) is 2.92. The number of halogens is 1. The number of benzene rings is 1. The molecule has 1 aromatic heterocycles. The lowest BCUT2D eigenvalue weighted by molar-refractivity contribution is 0.662. The lowest BCUT2D eigenvalue weighted by Gasteiger charge is -2.17. The Hall–Kier alpha value is -1.38. The Kier molecular flexibility index (Phi) is 4.57. The van der Waals surface area contributed by atoms with Gasteiger partial charge in [0.25, 0.3) is 0 Å². The quantitative estimate of drug-likeness (QED) is 0.832. The van der Waals surface area contributed by atoms with Crippen molar-refractivity contribution in [3.8, 4) is 0 Å². The highest BCUT2D eigenvalue weighted by atomic mass is 35.5. The Labute approximate surface area is 131 Å². The molecule has 0 spiro atoms. The van der Waals surface area contributed by atoms with Crippen LogP contribution in [0.5, 0.6) is 0 Å². The van der Waals surface area contributed by atoms with E-state index in [1.165, 1.54) is 22.4 Å². The van der Waals surface area contributed by atoms with Crippen LogP contribution in [0.2, 0.25) is 5.02 Å². The van der Waals surface area contributed by atoms with Crippen LogP contribution < -0.4 is 5.32 Å². The van der Waals surface area contributed by atoms with Crippen LogP contribution in [0.1, 0.15) is 48.1 Å². The van der Waals surface area contributed by atoms with Gasteiger partial charge in [0.2, 0.25) is 0 Å². The first-order valence-corrected chi connectivity index (χ1v) is 8.10. The molecule has 1 atom stereocenters. The number of aryl methyl sites for hydroxylation is 1. The van der Waals surface area contributed by atoms with Crippen LogP contribution in [0, 0.1) is 0 Å². The standard InChI is InChI=1S/C18H21ClN2/c1-2-9-20-12-14-11-15(19)6-8-16(14)17-7-5-13-4-3-10-21-18(13)17/h3-4,6,8,10-11,17,20H,2,5,7,9,12H2,1H3. The van der Waals surface area contributed by atoms with Crippen molar-refractivity contribution in [3.05, 3.63) is 63.9 Å². The molecule has 2 aromatic rings. The summed E-state index contributed by atoms with van der Waals surface area (Å²) >= 11 is 6.19. The van der Waals surface area contributed by atoms with Gasteiger partial charge in [-0.15, -0.1) is 0 Å². The van der Waals surface area contributed by atoms with Crippen LogP contribution in [0.3, 0.4) is 0 Å². The summed E-state index contributed by atoms with van der Waals surface area (Å²) in [5.74, 6) is 0.414. The predicted octanol–water partition coefficient (Wildman–Crippen LogP) is 4.31. The molecule has 1 aliphatic carbocycles. The predicted molar refractivity (Wildman–Crippen MR) is 87.9 cm³/mol. The van der Waals surface area contributed by atoms with Gasteiger partial charge in [0.05, 0.1) is 5.69 Å². The van der Waals surface area contributed by atoms with Gasteiger partial charge in [0.15, 0.2) is 0 Å². The second kappa shape index (κ2) is 6.59. The van der Waals surface area contributed by atoms with Gasteiger partial charge in [0.1, 0.15) is 0 Å². The topological polar surface area (TPSA) is 24.9 Å². The maximum atomic E-state index is 6.19. The number of hydrogen-bond acceptors (Lipinski definition) is 2. The van der Waals surface area contributed by atoms with Gasteiger partial charge >= 0.3 is 0 Å². The van der Waals surface area contributed by atoms with Gasteiger partial charge in [-0.2, -0.15) is 0 Å². The first-order valence-electron chi connectivity index (χ1n) is 7.72. The molecule has 0 fully saturated rings. The summed E-state index contributed by atoms with van der Waals surface area (Å²) in [5, 5.41) is 4.30. The summed E-state index contributed by atoms with van der Waals surface area (Å²) in [4.78, 5) is 4.62. The Balaban J connectivity index is 1.92. The highest BCUT2D eigenvalue weighted by Crippen LogP contribution is 2.38. The van der Waals surface area contributed by atoms with Crippen LogP contribution in [-0.2, 0) is 13.0 Å². The van der Waals surface area contributed by atoms with E-state index in [1.54, 1.807) is 0 Å². The van der Waals surface area contributed by atoms with Crippen molar-refractivity contribution in [1.29, 1.82) is 0 Å². The number of rotatable bonds is 5. The molecule has 1 unspecified atom stereocenters. The van der Waals surface area contributed by atoms with Crippen LogP contribution in [0.4, 0.5) is 0 Å². The first-order chi connectivity index (χ1) is 10.3. The zero-order valence-corrected chi connectivity index (χ0v) is 13.2. The SMILES string of the molecule is CCCNCc1cc(Cl)ccc1C1CCc2cccnc21. The lowest BCUT2D eigenvalue weighted by Crippen LogP contribution is -2.16. The van der Waals surface area contributed by atoms with E-state index in [4.69, 9.17) is 11.6 Å². The molecule has 3 rings (SSSR count). The van der Waals surface area contributed by atoms with Crippen LogP contribution in [0.25, 0.3) is 0 Å². The zero-order chi connectivity index (χ0) is 14.7. The number of nitrogens with one attached hydrogen (secondary N) is 1. The lowest BCUT2D eigenvalue weighted by atomic mass is 9.92. The van der Waals surface area contributed by atoms with Crippen LogP contribution >= 0.6 is 11.6 Å². The second-order valence-electron chi connectivity index (χ2n) is 5.66. The summed E-state index contributed by atoms with van der Waals surface area (Å²) in [6, 6.07) is 10.5. The third-order valence-corrected chi connectivity index (χ3v) is 4.42. The van der Waals surface area contributed by atoms with Crippen LogP contribution in [-0.4, -0.2) is 11.5 Å². The Morgan fingerprint density at radius 3 is 3.10 bits per heavy atom. The molecular formula is C18H21ClN2. The van der Waals surface area contributed by atoms with Crippen molar-refractivity contribution < 1.29 is 0 Å². The fourth-order valence-corrected chi connectivity index (χ4v) is 3.38. The van der Waals surface area contributed by atoms with E-state index in [-0.39, 0.29) is 0 Å². The fraction of sp³-hybridized carbons (Fsp3) is 0.389. The maximum absolute atomic E-state index is 6.19. The van der Waals surface area contributed by atoms with Gasteiger partial charge in [-0.1, -0.05) is 30.7 Å². The van der Waals surface area contributed by atoms with Crippen molar-refractivity contribution >= 4 is 11.6 Å². The summed E-state index contributed by atoms with van der Waals surface area (Å²) < 4.78 is 0. The van der Waals surface area contributed by atoms with Crippen molar-refractivity contribution in [3.63, 3.8) is 0 Å². The molecule has 0 radical (unpaired) electrons. The monoisotopic (exact) mass is 300 g/mol. The maximum Gasteiger partial charge on any atom is 0.0510 e. The van der Waals surface area contributed by atoms with Gasteiger partial charge in [-0.3, -0.25) is 4.98 Å². The van der Waals surface area contributed by atoms with E-state index in [0.29, 0.717) is 5.92 Å². The van der Waals surface area contributed by atoms with E-state index in [1.807, 2.05) is 18.3 Å². The molecule has 0 saturated carbocycles. The number of hydrogen-bond donors (Lipinski definition) is 1. The Morgan fingerprint density at radius 2 is 2.24 bits per heavy atom. The van der Waals surface area contributed by atoms with Crippen molar-refractivity contribution in [1.82, 2.24) is 10.3 Å². The summed E-state index contributed by atoms with van der Waals surface area (Å²) in [7, 11) is 0. The second-order valence-corrected chi connectivity index (χ2v) is 6.10. The van der Waals surface area contributed by atoms with Crippen LogP contribution in [0.15, 0.2) is 36.5 Å². The molecule has 21 heavy (non-hydrogen) atoms. The van der Waals surface area contributed by atoms with Crippen molar-refractivity contribution in [2.75, 3.05) is 6.54 Å². The molecule has 1 N–H and O–H groups in total. The molecule has 1 aromatic carbocycles. The average molecular weight is 301 g/mol. The molecule has 0 bridgehead atoms. The molecule has 110 valence electrons. The zero-order valence-electron chi connectivity index (χ0n) is 12.4. The minimum atomic E-state index is 0.414. The summed E-state index contributed by atoms with van der Waals surface area (Å²) in [5.41, 5.74) is 5.32. The fourth-order valence-electron chi connectivity index (χ4n) is 3.18. The van der Waals surface area contributed by atoms with Gasteiger partial charge in [-0.25, -0.2) is 0 Å². The van der Waals surface area contributed by atoms with Gasteiger partial charge in [-0.05, 0) is 60.7 Å². The highest BCUT2D eigenvalue weighted by Gasteiger charge is 2.26. The summed E-state index contributed by atoms with van der Waals surface area (Å²) in [6.07, 6.45) is 5.32. The number of pyridine rings is 1. The van der Waals surface area contributed by atoms with E-state index >= 15 is 0 Å². The molecule has 3 heteroatoms. The van der Waals surface area contributed by atoms with E-state index in [0.717, 1.165) is 37.4 Å². The molecule has 0 aliphatic heterocycles. The molecule has 2 nitrogen and oxygen atoms in total. The molecule has 0 saturated heterocycles. The third kappa shape index (κ3) is 3.12. The first kappa shape index (κ1) is 14.6. The van der Waals surface area contributed by atoms with E-state index in [9.17, 15) is 0 Å². The Bertz CT molecular complexity index is 624. The number of aromatic nitrogens is 1. The minimum Gasteiger partial charge on any atom is -0.313 e. The molecule has 0 amide bonds.